The molecule has 0 bridgehead atoms. The Hall–Kier alpha value is -2.13. The monoisotopic (exact) mass is 308 g/mol. The molecule has 1 saturated heterocycles. The highest BCUT2D eigenvalue weighted by Gasteiger charge is 2.27. The van der Waals surface area contributed by atoms with Gasteiger partial charge in [0.05, 0.1) is 6.04 Å². The summed E-state index contributed by atoms with van der Waals surface area (Å²) >= 11 is 0. The van der Waals surface area contributed by atoms with Crippen molar-refractivity contribution in [3.63, 3.8) is 0 Å². The number of H-pyrrole nitrogens is 1. The first-order chi connectivity index (χ1) is 11.2. The zero-order valence-corrected chi connectivity index (χ0v) is 13.3. The molecule has 1 aliphatic heterocycles. The van der Waals surface area contributed by atoms with Crippen LogP contribution >= 0.6 is 0 Å². The lowest BCUT2D eigenvalue weighted by Crippen LogP contribution is -2.26. The number of hydrogen-bond donors (Lipinski definition) is 1. The van der Waals surface area contributed by atoms with Crippen molar-refractivity contribution in [3.8, 4) is 0 Å². The Morgan fingerprint density at radius 2 is 1.78 bits per heavy atom. The van der Waals surface area contributed by atoms with Gasteiger partial charge in [-0.3, -0.25) is 4.90 Å². The fourth-order valence-electron chi connectivity index (χ4n) is 3.79. The van der Waals surface area contributed by atoms with E-state index >= 15 is 0 Å². The quantitative estimate of drug-likeness (QED) is 0.736. The van der Waals surface area contributed by atoms with Gasteiger partial charge in [0.1, 0.15) is 5.82 Å². The molecule has 4 rings (SSSR count). The van der Waals surface area contributed by atoms with Crippen LogP contribution in [0.1, 0.15) is 35.6 Å². The summed E-state index contributed by atoms with van der Waals surface area (Å²) in [5, 5.41) is 1.27. The minimum absolute atomic E-state index is 0.177. The molecule has 3 heteroatoms. The van der Waals surface area contributed by atoms with Crippen molar-refractivity contribution in [1.82, 2.24) is 9.88 Å². The Labute approximate surface area is 135 Å². The van der Waals surface area contributed by atoms with Gasteiger partial charge in [-0.05, 0) is 61.7 Å². The van der Waals surface area contributed by atoms with Crippen molar-refractivity contribution in [2.75, 3.05) is 13.1 Å². The number of likely N-dealkylation sites (tertiary alicyclic amines) is 1. The van der Waals surface area contributed by atoms with Gasteiger partial charge in [0, 0.05) is 17.1 Å². The van der Waals surface area contributed by atoms with Gasteiger partial charge in [0.15, 0.2) is 0 Å². The first-order valence-corrected chi connectivity index (χ1v) is 8.30. The second-order valence-corrected chi connectivity index (χ2v) is 6.44. The maximum absolute atomic E-state index is 13.4. The van der Waals surface area contributed by atoms with Crippen LogP contribution in [0.15, 0.2) is 48.7 Å². The zero-order chi connectivity index (χ0) is 15.8. The molecule has 0 radical (unpaired) electrons. The summed E-state index contributed by atoms with van der Waals surface area (Å²) in [7, 11) is 0. The van der Waals surface area contributed by atoms with Crippen molar-refractivity contribution in [2.45, 2.75) is 25.8 Å². The average Bonchev–Trinajstić information content (AvgIpc) is 3.21. The Bertz CT molecular complexity index is 813. The van der Waals surface area contributed by atoms with Gasteiger partial charge < -0.3 is 4.98 Å². The number of nitrogens with zero attached hydrogens (tertiary/aromatic N) is 1. The predicted molar refractivity (Wildman–Crippen MR) is 92.1 cm³/mol. The molecule has 1 aliphatic rings. The van der Waals surface area contributed by atoms with Crippen molar-refractivity contribution >= 4 is 10.9 Å². The van der Waals surface area contributed by atoms with Crippen LogP contribution in [0.2, 0.25) is 0 Å². The van der Waals surface area contributed by atoms with E-state index in [-0.39, 0.29) is 11.9 Å². The lowest BCUT2D eigenvalue weighted by Gasteiger charge is -2.28. The van der Waals surface area contributed by atoms with Crippen molar-refractivity contribution in [2.24, 2.45) is 0 Å². The number of para-hydroxylation sites is 1. The van der Waals surface area contributed by atoms with Gasteiger partial charge in [-0.25, -0.2) is 4.39 Å². The zero-order valence-electron chi connectivity index (χ0n) is 13.3. The molecule has 0 aliphatic carbocycles. The van der Waals surface area contributed by atoms with E-state index in [1.54, 1.807) is 12.1 Å². The standard InChI is InChI=1S/C20H21FN2/c1-14-5-4-6-17-18(13-22-19(14)17)20(23-11-2-3-12-23)15-7-9-16(21)10-8-15/h4-10,13,20,22H,2-3,11-12H2,1H3. The summed E-state index contributed by atoms with van der Waals surface area (Å²) in [6.07, 6.45) is 4.60. The second-order valence-electron chi connectivity index (χ2n) is 6.44. The molecule has 1 atom stereocenters. The molecular weight excluding hydrogens is 287 g/mol. The van der Waals surface area contributed by atoms with E-state index in [0.717, 1.165) is 18.7 Å². The van der Waals surface area contributed by atoms with Crippen LogP contribution < -0.4 is 0 Å². The fourth-order valence-corrected chi connectivity index (χ4v) is 3.79. The topological polar surface area (TPSA) is 19.0 Å². The number of nitrogens with one attached hydrogen (secondary N) is 1. The fraction of sp³-hybridized carbons (Fsp3) is 0.300. The van der Waals surface area contributed by atoms with Gasteiger partial charge >= 0.3 is 0 Å². The van der Waals surface area contributed by atoms with Crippen LogP contribution in [-0.4, -0.2) is 23.0 Å². The number of halogens is 1. The maximum Gasteiger partial charge on any atom is 0.123 e. The number of aryl methyl sites for hydroxylation is 1. The number of aromatic amines is 1. The molecule has 1 N–H and O–H groups in total. The van der Waals surface area contributed by atoms with Crippen LogP contribution in [0.3, 0.4) is 0 Å². The van der Waals surface area contributed by atoms with E-state index < -0.39 is 0 Å². The number of fused-ring (bicyclic) bond motifs is 1. The average molecular weight is 308 g/mol. The van der Waals surface area contributed by atoms with Gasteiger partial charge in [-0.15, -0.1) is 0 Å². The summed E-state index contributed by atoms with van der Waals surface area (Å²) < 4.78 is 13.4. The summed E-state index contributed by atoms with van der Waals surface area (Å²) in [5.74, 6) is -0.177. The molecule has 23 heavy (non-hydrogen) atoms. The molecule has 1 unspecified atom stereocenters. The highest BCUT2D eigenvalue weighted by Crippen LogP contribution is 2.36. The van der Waals surface area contributed by atoms with Crippen LogP contribution in [-0.2, 0) is 0 Å². The van der Waals surface area contributed by atoms with E-state index in [2.05, 4.69) is 41.2 Å². The molecule has 2 nitrogen and oxygen atoms in total. The molecular formula is C20H21FN2. The summed E-state index contributed by atoms with van der Waals surface area (Å²) in [5.41, 5.74) is 4.91. The molecule has 0 saturated carbocycles. The van der Waals surface area contributed by atoms with E-state index in [0.29, 0.717) is 0 Å². The van der Waals surface area contributed by atoms with Crippen molar-refractivity contribution < 1.29 is 4.39 Å². The molecule has 118 valence electrons. The van der Waals surface area contributed by atoms with Crippen LogP contribution in [0.25, 0.3) is 10.9 Å². The van der Waals surface area contributed by atoms with Gasteiger partial charge in [0.25, 0.3) is 0 Å². The number of hydrogen-bond acceptors (Lipinski definition) is 1. The number of aromatic nitrogens is 1. The summed E-state index contributed by atoms with van der Waals surface area (Å²) in [6, 6.07) is 13.6. The highest BCUT2D eigenvalue weighted by molar-refractivity contribution is 5.86. The van der Waals surface area contributed by atoms with E-state index in [1.165, 1.54) is 34.9 Å². The van der Waals surface area contributed by atoms with E-state index in [4.69, 9.17) is 0 Å². The normalized spacial score (nSPS) is 17.0. The molecule has 0 amide bonds. The molecule has 2 aromatic carbocycles. The maximum atomic E-state index is 13.4. The Kier molecular flexibility index (Phi) is 3.66. The Morgan fingerprint density at radius 3 is 2.52 bits per heavy atom. The lowest BCUT2D eigenvalue weighted by atomic mass is 9.96. The minimum Gasteiger partial charge on any atom is -0.361 e. The number of rotatable bonds is 3. The first kappa shape index (κ1) is 14.5. The Morgan fingerprint density at radius 1 is 1.04 bits per heavy atom. The third-order valence-corrected chi connectivity index (χ3v) is 4.94. The minimum atomic E-state index is -0.177. The molecule has 0 spiro atoms. The largest absolute Gasteiger partial charge is 0.361 e. The lowest BCUT2D eigenvalue weighted by molar-refractivity contribution is 0.282. The third kappa shape index (κ3) is 2.55. The molecule has 3 aromatic rings. The van der Waals surface area contributed by atoms with Crippen LogP contribution in [0.4, 0.5) is 4.39 Å². The molecule has 2 heterocycles. The Balaban J connectivity index is 1.86. The highest BCUT2D eigenvalue weighted by atomic mass is 19.1. The van der Waals surface area contributed by atoms with E-state index in [9.17, 15) is 4.39 Å². The van der Waals surface area contributed by atoms with Gasteiger partial charge in [-0.1, -0.05) is 30.3 Å². The smallest absolute Gasteiger partial charge is 0.123 e. The third-order valence-electron chi connectivity index (χ3n) is 4.94. The molecule has 1 aromatic heterocycles. The molecule has 1 fully saturated rings. The van der Waals surface area contributed by atoms with Gasteiger partial charge in [-0.2, -0.15) is 0 Å². The van der Waals surface area contributed by atoms with Crippen LogP contribution in [0, 0.1) is 12.7 Å². The van der Waals surface area contributed by atoms with E-state index in [1.807, 2.05) is 12.1 Å². The van der Waals surface area contributed by atoms with Crippen molar-refractivity contribution in [3.05, 3.63) is 71.2 Å². The summed E-state index contributed by atoms with van der Waals surface area (Å²) in [4.78, 5) is 5.95. The van der Waals surface area contributed by atoms with Crippen LogP contribution in [0.5, 0.6) is 0 Å². The SMILES string of the molecule is Cc1cccc2c(C(c3ccc(F)cc3)N3CCCC3)c[nH]c12. The van der Waals surface area contributed by atoms with Gasteiger partial charge in [0.2, 0.25) is 0 Å². The summed E-state index contributed by atoms with van der Waals surface area (Å²) in [6.45, 7) is 4.33. The number of benzene rings is 2. The van der Waals surface area contributed by atoms with Crippen molar-refractivity contribution in [1.29, 1.82) is 0 Å². The first-order valence-electron chi connectivity index (χ1n) is 8.30. The predicted octanol–water partition coefficient (Wildman–Crippen LogP) is 4.80. The second kappa shape index (κ2) is 5.82.